The highest BCUT2D eigenvalue weighted by Crippen LogP contribution is 2.23. The molecule has 2 heterocycles. The van der Waals surface area contributed by atoms with Crippen LogP contribution in [-0.4, -0.2) is 30.6 Å². The van der Waals surface area contributed by atoms with E-state index in [0.29, 0.717) is 18.8 Å². The maximum atomic E-state index is 12.0. The number of methoxy groups -OCH3 is 1. The molecule has 0 aliphatic carbocycles. The average Bonchev–Trinajstić information content (AvgIpc) is 3.12. The fraction of sp³-hybridized carbons (Fsp3) is 0.222. The summed E-state index contributed by atoms with van der Waals surface area (Å²) in [7, 11) is 1.38. The number of carbonyl (C=O) groups is 2. The summed E-state index contributed by atoms with van der Waals surface area (Å²) in [5.41, 5.74) is 3.72. The van der Waals surface area contributed by atoms with Crippen LogP contribution >= 0.6 is 0 Å². The van der Waals surface area contributed by atoms with E-state index >= 15 is 0 Å². The highest BCUT2D eigenvalue weighted by Gasteiger charge is 2.21. The van der Waals surface area contributed by atoms with Gasteiger partial charge in [0.05, 0.1) is 19.6 Å². The summed E-state index contributed by atoms with van der Waals surface area (Å²) in [6, 6.07) is 7.52. The van der Waals surface area contributed by atoms with Crippen LogP contribution in [0, 0.1) is 0 Å². The Labute approximate surface area is 139 Å². The molecule has 3 rings (SSSR count). The Morgan fingerprint density at radius 1 is 1.29 bits per heavy atom. The second-order valence-electron chi connectivity index (χ2n) is 5.50. The lowest BCUT2D eigenvalue weighted by Gasteiger charge is -2.28. The van der Waals surface area contributed by atoms with Gasteiger partial charge in [0.15, 0.2) is 0 Å². The number of hydrogen-bond acceptors (Lipinski definition) is 4. The number of nitrogens with zero attached hydrogens (tertiary/aromatic N) is 1. The molecule has 6 nitrogen and oxygen atoms in total. The first-order chi connectivity index (χ1) is 11.7. The van der Waals surface area contributed by atoms with E-state index in [1.165, 1.54) is 18.7 Å². The largest absolute Gasteiger partial charge is 0.472 e. The van der Waals surface area contributed by atoms with Gasteiger partial charge in [0.25, 0.3) is 0 Å². The van der Waals surface area contributed by atoms with Crippen molar-refractivity contribution in [2.24, 2.45) is 0 Å². The number of fused-ring (bicyclic) bond motifs is 1. The summed E-state index contributed by atoms with van der Waals surface area (Å²) in [4.78, 5) is 25.3. The van der Waals surface area contributed by atoms with Crippen LogP contribution in [0.3, 0.4) is 0 Å². The molecule has 0 saturated carbocycles. The van der Waals surface area contributed by atoms with Gasteiger partial charge in [-0.05, 0) is 41.8 Å². The van der Waals surface area contributed by atoms with Gasteiger partial charge in [-0.2, -0.15) is 0 Å². The first-order valence-electron chi connectivity index (χ1n) is 7.61. The van der Waals surface area contributed by atoms with E-state index in [1.54, 1.807) is 29.6 Å². The zero-order valence-corrected chi connectivity index (χ0v) is 13.3. The second kappa shape index (κ2) is 7.04. The number of rotatable bonds is 3. The van der Waals surface area contributed by atoms with E-state index in [4.69, 9.17) is 9.15 Å². The SMILES string of the molecule is COC(=O)N1CCc2ccc(NC(=O)/C=C/c3ccoc3)cc2C1. The summed E-state index contributed by atoms with van der Waals surface area (Å²) in [5.74, 6) is -0.225. The van der Waals surface area contributed by atoms with Crippen molar-refractivity contribution in [3.05, 3.63) is 59.6 Å². The predicted octanol–water partition coefficient (Wildman–Crippen LogP) is 3.06. The van der Waals surface area contributed by atoms with Gasteiger partial charge in [0.1, 0.15) is 0 Å². The Morgan fingerprint density at radius 2 is 2.17 bits per heavy atom. The molecule has 1 aliphatic heterocycles. The third-order valence-electron chi connectivity index (χ3n) is 3.89. The summed E-state index contributed by atoms with van der Waals surface area (Å²) in [6.07, 6.45) is 6.68. The van der Waals surface area contributed by atoms with Crippen LogP contribution in [0.15, 0.2) is 47.3 Å². The van der Waals surface area contributed by atoms with Gasteiger partial charge in [0, 0.05) is 30.4 Å². The third kappa shape index (κ3) is 3.65. The van der Waals surface area contributed by atoms with Crippen molar-refractivity contribution in [1.82, 2.24) is 4.90 Å². The number of hydrogen-bond donors (Lipinski definition) is 1. The molecule has 0 radical (unpaired) electrons. The number of ether oxygens (including phenoxy) is 1. The molecule has 2 aromatic rings. The minimum atomic E-state index is -0.335. The molecule has 1 aromatic carbocycles. The van der Waals surface area contributed by atoms with Gasteiger partial charge < -0.3 is 19.4 Å². The fourth-order valence-corrected chi connectivity index (χ4v) is 2.65. The summed E-state index contributed by atoms with van der Waals surface area (Å²) >= 11 is 0. The van der Waals surface area contributed by atoms with Crippen LogP contribution in [0.25, 0.3) is 6.08 Å². The van der Waals surface area contributed by atoms with Gasteiger partial charge in [0.2, 0.25) is 5.91 Å². The predicted molar refractivity (Wildman–Crippen MR) is 89.3 cm³/mol. The first kappa shape index (κ1) is 15.9. The van der Waals surface area contributed by atoms with Crippen LogP contribution in [0.1, 0.15) is 16.7 Å². The molecule has 2 amide bonds. The summed E-state index contributed by atoms with van der Waals surface area (Å²) < 4.78 is 9.71. The molecular weight excluding hydrogens is 308 g/mol. The van der Waals surface area contributed by atoms with Crippen molar-refractivity contribution in [3.63, 3.8) is 0 Å². The van der Waals surface area contributed by atoms with E-state index in [-0.39, 0.29) is 12.0 Å². The third-order valence-corrected chi connectivity index (χ3v) is 3.89. The summed E-state index contributed by atoms with van der Waals surface area (Å²) in [5, 5.41) is 2.82. The molecule has 6 heteroatoms. The quantitative estimate of drug-likeness (QED) is 0.880. The van der Waals surface area contributed by atoms with Crippen LogP contribution in [0.5, 0.6) is 0 Å². The smallest absolute Gasteiger partial charge is 0.409 e. The van der Waals surface area contributed by atoms with E-state index in [1.807, 2.05) is 18.2 Å². The number of benzene rings is 1. The average molecular weight is 326 g/mol. The Morgan fingerprint density at radius 3 is 2.92 bits per heavy atom. The van der Waals surface area contributed by atoms with Gasteiger partial charge >= 0.3 is 6.09 Å². The highest BCUT2D eigenvalue weighted by molar-refractivity contribution is 6.01. The summed E-state index contributed by atoms with van der Waals surface area (Å²) in [6.45, 7) is 1.12. The van der Waals surface area contributed by atoms with Crippen molar-refractivity contribution in [2.75, 3.05) is 19.0 Å². The van der Waals surface area contributed by atoms with E-state index in [0.717, 1.165) is 17.5 Å². The normalized spacial score (nSPS) is 13.6. The molecule has 1 aliphatic rings. The molecule has 0 bridgehead atoms. The van der Waals surface area contributed by atoms with Crippen molar-refractivity contribution in [3.8, 4) is 0 Å². The van der Waals surface area contributed by atoms with Crippen molar-refractivity contribution < 1.29 is 18.7 Å². The number of amides is 2. The zero-order chi connectivity index (χ0) is 16.9. The second-order valence-corrected chi connectivity index (χ2v) is 5.50. The van der Waals surface area contributed by atoms with Gasteiger partial charge in [-0.1, -0.05) is 6.07 Å². The van der Waals surface area contributed by atoms with E-state index < -0.39 is 0 Å². The Hall–Kier alpha value is -3.02. The molecule has 1 N–H and O–H groups in total. The molecule has 0 fully saturated rings. The lowest BCUT2D eigenvalue weighted by atomic mass is 9.99. The van der Waals surface area contributed by atoms with Crippen LogP contribution in [0.2, 0.25) is 0 Å². The molecule has 0 atom stereocenters. The Kier molecular flexibility index (Phi) is 4.65. The van der Waals surface area contributed by atoms with E-state index in [9.17, 15) is 9.59 Å². The maximum absolute atomic E-state index is 12.0. The van der Waals surface area contributed by atoms with Crippen molar-refractivity contribution in [1.29, 1.82) is 0 Å². The zero-order valence-electron chi connectivity index (χ0n) is 13.3. The molecular formula is C18H18N2O4. The molecule has 0 spiro atoms. The minimum absolute atomic E-state index is 0.225. The standard InChI is InChI=1S/C18H18N2O4/c1-23-18(22)20-8-6-14-3-4-16(10-15(14)11-20)19-17(21)5-2-13-7-9-24-12-13/h2-5,7,9-10,12H,6,8,11H2,1H3,(H,19,21)/b5-2+. The number of anilines is 1. The Bertz CT molecular complexity index is 765. The number of carbonyl (C=O) groups excluding carboxylic acids is 2. The molecule has 24 heavy (non-hydrogen) atoms. The highest BCUT2D eigenvalue weighted by atomic mass is 16.5. The van der Waals surface area contributed by atoms with Crippen LogP contribution in [-0.2, 0) is 22.5 Å². The lowest BCUT2D eigenvalue weighted by molar-refractivity contribution is -0.111. The van der Waals surface area contributed by atoms with Crippen LogP contribution < -0.4 is 5.32 Å². The maximum Gasteiger partial charge on any atom is 0.409 e. The molecule has 0 saturated heterocycles. The lowest BCUT2D eigenvalue weighted by Crippen LogP contribution is -2.35. The Balaban J connectivity index is 1.67. The minimum Gasteiger partial charge on any atom is -0.472 e. The van der Waals surface area contributed by atoms with E-state index in [2.05, 4.69) is 5.32 Å². The van der Waals surface area contributed by atoms with Gasteiger partial charge in [-0.3, -0.25) is 4.79 Å². The fourth-order valence-electron chi connectivity index (χ4n) is 2.65. The van der Waals surface area contributed by atoms with Gasteiger partial charge in [-0.25, -0.2) is 4.79 Å². The van der Waals surface area contributed by atoms with Crippen molar-refractivity contribution in [2.45, 2.75) is 13.0 Å². The first-order valence-corrected chi connectivity index (χ1v) is 7.61. The van der Waals surface area contributed by atoms with Crippen molar-refractivity contribution >= 4 is 23.8 Å². The molecule has 0 unspecified atom stereocenters. The molecule has 124 valence electrons. The van der Waals surface area contributed by atoms with Gasteiger partial charge in [-0.15, -0.1) is 0 Å². The molecule has 1 aromatic heterocycles. The number of furan rings is 1. The number of nitrogens with one attached hydrogen (secondary N) is 1. The topological polar surface area (TPSA) is 71.8 Å². The monoisotopic (exact) mass is 326 g/mol. The van der Waals surface area contributed by atoms with Crippen LogP contribution in [0.4, 0.5) is 10.5 Å².